The van der Waals surface area contributed by atoms with Crippen LogP contribution in [0.5, 0.6) is 0 Å². The number of hydrogen-bond donors (Lipinski definition) is 1. The van der Waals surface area contributed by atoms with Crippen LogP contribution in [0.3, 0.4) is 0 Å². The van der Waals surface area contributed by atoms with Crippen molar-refractivity contribution in [2.24, 2.45) is 11.1 Å². The van der Waals surface area contributed by atoms with Gasteiger partial charge in [0, 0.05) is 13.1 Å². The molecule has 0 aliphatic carbocycles. The lowest BCUT2D eigenvalue weighted by molar-refractivity contribution is 0.445. The fourth-order valence-corrected chi connectivity index (χ4v) is 4.27. The first-order chi connectivity index (χ1) is 13.3. The molecule has 0 saturated carbocycles. The third kappa shape index (κ3) is 4.70. The normalized spacial score (nSPS) is 12.3. The molecule has 0 amide bonds. The largest absolute Gasteiger partial charge is 0.327 e. The van der Waals surface area contributed by atoms with E-state index in [1.807, 2.05) is 0 Å². The first-order valence-electron chi connectivity index (χ1n) is 9.20. The summed E-state index contributed by atoms with van der Waals surface area (Å²) in [7, 11) is -3.76. The van der Waals surface area contributed by atoms with E-state index in [9.17, 15) is 8.42 Å². The Hall–Kier alpha value is -1.98. The Morgan fingerprint density at radius 1 is 1.29 bits per heavy atom. The van der Waals surface area contributed by atoms with Crippen LogP contribution in [0.4, 0.5) is 0 Å². The van der Waals surface area contributed by atoms with E-state index >= 15 is 0 Å². The second-order valence-corrected chi connectivity index (χ2v) is 9.56. The van der Waals surface area contributed by atoms with Gasteiger partial charge in [-0.1, -0.05) is 39.0 Å². The number of nitrogens with zero attached hydrogens (tertiary/aromatic N) is 6. The van der Waals surface area contributed by atoms with Gasteiger partial charge in [0.25, 0.3) is 0 Å². The zero-order valence-corrected chi connectivity index (χ0v) is 17.9. The van der Waals surface area contributed by atoms with Crippen LogP contribution in [-0.4, -0.2) is 38.2 Å². The maximum absolute atomic E-state index is 11.7. The minimum atomic E-state index is -3.76. The molecule has 0 spiro atoms. The van der Waals surface area contributed by atoms with Gasteiger partial charge in [0.1, 0.15) is 5.82 Å². The third-order valence-electron chi connectivity index (χ3n) is 4.23. The van der Waals surface area contributed by atoms with Crippen molar-refractivity contribution in [1.82, 2.24) is 29.8 Å². The molecule has 2 heterocycles. The minimum absolute atomic E-state index is 0.0696. The number of primary sulfonamides is 1. The highest BCUT2D eigenvalue weighted by Gasteiger charge is 2.16. The first-order valence-corrected chi connectivity index (χ1v) is 11.7. The van der Waals surface area contributed by atoms with Crippen LogP contribution < -0.4 is 5.14 Å². The molecule has 0 bridgehead atoms. The van der Waals surface area contributed by atoms with Crippen molar-refractivity contribution in [2.45, 2.75) is 62.5 Å². The van der Waals surface area contributed by atoms with Gasteiger partial charge in [0.2, 0.25) is 15.2 Å². The summed E-state index contributed by atoms with van der Waals surface area (Å²) in [5.41, 5.74) is 1.53. The van der Waals surface area contributed by atoms with Crippen LogP contribution in [0.15, 0.2) is 28.3 Å². The molecule has 0 atom stereocenters. The van der Waals surface area contributed by atoms with Crippen molar-refractivity contribution < 1.29 is 8.42 Å². The summed E-state index contributed by atoms with van der Waals surface area (Å²) in [6.45, 7) is 7.92. The molecule has 2 aromatic heterocycles. The lowest BCUT2D eigenvalue weighted by Crippen LogP contribution is -2.11. The summed E-state index contributed by atoms with van der Waals surface area (Å²) in [4.78, 5) is 4.74. The second kappa shape index (κ2) is 8.58. The van der Waals surface area contributed by atoms with Crippen molar-refractivity contribution in [3.05, 3.63) is 24.0 Å². The lowest BCUT2D eigenvalue weighted by atomic mass is 10.2. The number of nitrogens with two attached hydrogens (primary N) is 1. The highest BCUT2D eigenvalue weighted by molar-refractivity contribution is 7.98. The zero-order chi connectivity index (χ0) is 20.3. The number of thioether (sulfide) groups is 1. The number of unbranched alkanes of at least 4 members (excludes halogenated alkanes) is 1. The number of fused-ring (bicyclic) bond motifs is 1. The Balaban J connectivity index is 1.91. The number of aryl methyl sites for hydroxylation is 1. The van der Waals surface area contributed by atoms with Crippen LogP contribution >= 0.6 is 11.8 Å². The number of aromatic nitrogens is 6. The number of imidazole rings is 1. The lowest BCUT2D eigenvalue weighted by Gasteiger charge is -2.09. The Morgan fingerprint density at radius 2 is 2.07 bits per heavy atom. The van der Waals surface area contributed by atoms with Crippen LogP contribution in [0, 0.1) is 5.92 Å². The molecule has 0 aliphatic heterocycles. The predicted octanol–water partition coefficient (Wildman–Crippen LogP) is 2.42. The van der Waals surface area contributed by atoms with E-state index in [4.69, 9.17) is 5.14 Å². The molecule has 0 saturated heterocycles. The Labute approximate surface area is 168 Å². The van der Waals surface area contributed by atoms with Crippen molar-refractivity contribution in [2.75, 3.05) is 0 Å². The van der Waals surface area contributed by atoms with Crippen molar-refractivity contribution in [3.63, 3.8) is 0 Å². The Bertz CT molecular complexity index is 1060. The predicted molar refractivity (Wildman–Crippen MR) is 108 cm³/mol. The minimum Gasteiger partial charge on any atom is -0.327 e. The summed E-state index contributed by atoms with van der Waals surface area (Å²) in [6, 6.07) is 4.83. The van der Waals surface area contributed by atoms with Gasteiger partial charge in [-0.3, -0.25) is 0 Å². The first kappa shape index (κ1) is 20.7. The van der Waals surface area contributed by atoms with Gasteiger partial charge in [-0.05, 0) is 41.0 Å². The quantitative estimate of drug-likeness (QED) is 0.524. The summed E-state index contributed by atoms with van der Waals surface area (Å²) in [6.07, 6.45) is 2.05. The van der Waals surface area contributed by atoms with Gasteiger partial charge in [-0.25, -0.2) is 23.2 Å². The fourth-order valence-electron chi connectivity index (χ4n) is 2.90. The van der Waals surface area contributed by atoms with E-state index in [1.54, 1.807) is 10.7 Å². The summed E-state index contributed by atoms with van der Waals surface area (Å²) < 4.78 is 27.3. The Kier molecular flexibility index (Phi) is 6.36. The Morgan fingerprint density at radius 3 is 2.75 bits per heavy atom. The zero-order valence-electron chi connectivity index (χ0n) is 16.2. The molecule has 0 aliphatic rings. The van der Waals surface area contributed by atoms with Crippen molar-refractivity contribution in [3.8, 4) is 0 Å². The monoisotopic (exact) mass is 423 g/mol. The maximum atomic E-state index is 11.7. The van der Waals surface area contributed by atoms with Gasteiger partial charge in [-0.2, -0.15) is 0 Å². The van der Waals surface area contributed by atoms with Crippen LogP contribution in [-0.2, 0) is 28.9 Å². The molecule has 3 aromatic rings. The molecule has 11 heteroatoms. The molecule has 0 fully saturated rings. The topological polar surface area (TPSA) is 122 Å². The summed E-state index contributed by atoms with van der Waals surface area (Å²) in [5.74, 6) is 1.88. The molecular weight excluding hydrogens is 398 g/mol. The molecule has 3 rings (SSSR count). The molecule has 9 nitrogen and oxygen atoms in total. The van der Waals surface area contributed by atoms with E-state index < -0.39 is 10.0 Å². The SMILES string of the molecule is CCCCn1c(CSc2nnnn2CC(C)C)nc2cc(S(N)(=O)=O)ccc21. The van der Waals surface area contributed by atoms with E-state index in [2.05, 4.69) is 45.8 Å². The van der Waals surface area contributed by atoms with Crippen LogP contribution in [0.1, 0.15) is 39.4 Å². The number of benzene rings is 1. The number of hydrogen-bond acceptors (Lipinski definition) is 7. The smallest absolute Gasteiger partial charge is 0.238 e. The van der Waals surface area contributed by atoms with Gasteiger partial charge >= 0.3 is 0 Å². The standard InChI is InChI=1S/C17H25N7O2S2/c1-4-5-8-23-15-7-6-13(28(18,25)26)9-14(15)19-16(23)11-27-17-20-21-22-24(17)10-12(2)3/h6-7,9,12H,4-5,8,10-11H2,1-3H3,(H2,18,25,26). The number of tetrazole rings is 1. The molecule has 1 aromatic carbocycles. The van der Waals surface area contributed by atoms with Crippen molar-refractivity contribution in [1.29, 1.82) is 0 Å². The van der Waals surface area contributed by atoms with E-state index in [0.717, 1.165) is 42.4 Å². The third-order valence-corrected chi connectivity index (χ3v) is 6.09. The average Bonchev–Trinajstić information content (AvgIpc) is 3.20. The maximum Gasteiger partial charge on any atom is 0.238 e. The number of sulfonamides is 1. The highest BCUT2D eigenvalue weighted by atomic mass is 32.2. The van der Waals surface area contributed by atoms with Gasteiger partial charge in [-0.15, -0.1) is 5.10 Å². The van der Waals surface area contributed by atoms with E-state index in [1.165, 1.54) is 23.9 Å². The molecule has 152 valence electrons. The summed E-state index contributed by atoms with van der Waals surface area (Å²) in [5, 5.41) is 17.9. The van der Waals surface area contributed by atoms with Gasteiger partial charge in [0.05, 0.1) is 21.7 Å². The molecule has 2 N–H and O–H groups in total. The second-order valence-electron chi connectivity index (χ2n) is 7.05. The molecular formula is C17H25N7O2S2. The van der Waals surface area contributed by atoms with Gasteiger partial charge in [0.15, 0.2) is 0 Å². The highest BCUT2D eigenvalue weighted by Crippen LogP contribution is 2.26. The van der Waals surface area contributed by atoms with E-state index in [0.29, 0.717) is 17.2 Å². The fraction of sp³-hybridized carbons (Fsp3) is 0.529. The molecule has 28 heavy (non-hydrogen) atoms. The average molecular weight is 424 g/mol. The summed E-state index contributed by atoms with van der Waals surface area (Å²) >= 11 is 1.52. The van der Waals surface area contributed by atoms with Crippen LogP contribution in [0.25, 0.3) is 11.0 Å². The van der Waals surface area contributed by atoms with E-state index in [-0.39, 0.29) is 4.90 Å². The van der Waals surface area contributed by atoms with Crippen molar-refractivity contribution >= 4 is 32.8 Å². The molecule has 0 radical (unpaired) electrons. The number of rotatable bonds is 9. The molecule has 0 unspecified atom stereocenters. The van der Waals surface area contributed by atoms with Crippen LogP contribution in [0.2, 0.25) is 0 Å². The van der Waals surface area contributed by atoms with Gasteiger partial charge < -0.3 is 4.57 Å².